The summed E-state index contributed by atoms with van der Waals surface area (Å²) in [5, 5.41) is 0. The SMILES string of the molecule is O=C(CN1CCN(C(=O)c2ccc3c(c2)CCC3)CC1)N1CCCC1. The third-order valence-electron chi connectivity index (χ3n) is 5.82. The minimum atomic E-state index is 0.139. The van der Waals surface area contributed by atoms with E-state index in [1.165, 1.54) is 17.5 Å². The lowest BCUT2D eigenvalue weighted by atomic mass is 10.1. The van der Waals surface area contributed by atoms with Crippen LogP contribution in [0.3, 0.4) is 0 Å². The van der Waals surface area contributed by atoms with Crippen LogP contribution in [0.4, 0.5) is 0 Å². The Morgan fingerprint density at radius 2 is 1.52 bits per heavy atom. The van der Waals surface area contributed by atoms with Crippen molar-refractivity contribution in [2.24, 2.45) is 0 Å². The summed E-state index contributed by atoms with van der Waals surface area (Å²) in [5.41, 5.74) is 3.57. The third-order valence-corrected chi connectivity index (χ3v) is 5.82. The van der Waals surface area contributed by atoms with Gasteiger partial charge < -0.3 is 9.80 Å². The second kappa shape index (κ2) is 7.16. The van der Waals surface area contributed by atoms with Gasteiger partial charge in [0.05, 0.1) is 6.54 Å². The number of hydrogen-bond donors (Lipinski definition) is 0. The molecule has 4 rings (SSSR count). The average Bonchev–Trinajstić information content (AvgIpc) is 3.32. The molecule has 2 aliphatic heterocycles. The first-order valence-electron chi connectivity index (χ1n) is 9.62. The van der Waals surface area contributed by atoms with Crippen molar-refractivity contribution >= 4 is 11.8 Å². The van der Waals surface area contributed by atoms with Crippen LogP contribution in [0.1, 0.15) is 40.7 Å². The highest BCUT2D eigenvalue weighted by molar-refractivity contribution is 5.94. The average molecular weight is 341 g/mol. The van der Waals surface area contributed by atoms with Gasteiger partial charge in [-0.25, -0.2) is 0 Å². The van der Waals surface area contributed by atoms with Crippen molar-refractivity contribution in [3.63, 3.8) is 0 Å². The van der Waals surface area contributed by atoms with Crippen molar-refractivity contribution < 1.29 is 9.59 Å². The molecular weight excluding hydrogens is 314 g/mol. The fourth-order valence-electron chi connectivity index (χ4n) is 4.25. The number of likely N-dealkylation sites (tertiary alicyclic amines) is 1. The normalized spacial score (nSPS) is 20.8. The quantitative estimate of drug-likeness (QED) is 0.838. The van der Waals surface area contributed by atoms with E-state index < -0.39 is 0 Å². The summed E-state index contributed by atoms with van der Waals surface area (Å²) >= 11 is 0. The van der Waals surface area contributed by atoms with Gasteiger partial charge in [0.15, 0.2) is 0 Å². The monoisotopic (exact) mass is 341 g/mol. The van der Waals surface area contributed by atoms with Crippen LogP contribution in [-0.4, -0.2) is 72.3 Å². The number of piperazine rings is 1. The van der Waals surface area contributed by atoms with Crippen LogP contribution in [0.25, 0.3) is 0 Å². The molecule has 1 aromatic carbocycles. The summed E-state index contributed by atoms with van der Waals surface area (Å²) in [6, 6.07) is 6.20. The molecule has 25 heavy (non-hydrogen) atoms. The van der Waals surface area contributed by atoms with Gasteiger partial charge in [0.25, 0.3) is 5.91 Å². The van der Waals surface area contributed by atoms with E-state index in [0.717, 1.165) is 57.4 Å². The summed E-state index contributed by atoms with van der Waals surface area (Å²) < 4.78 is 0. The molecule has 0 spiro atoms. The van der Waals surface area contributed by atoms with Gasteiger partial charge in [-0.15, -0.1) is 0 Å². The lowest BCUT2D eigenvalue weighted by molar-refractivity contribution is -0.131. The molecule has 5 nitrogen and oxygen atoms in total. The van der Waals surface area contributed by atoms with Crippen LogP contribution >= 0.6 is 0 Å². The molecule has 3 aliphatic rings. The number of carbonyl (C=O) groups is 2. The molecular formula is C20H27N3O2. The second-order valence-electron chi connectivity index (χ2n) is 7.49. The molecule has 0 saturated carbocycles. The van der Waals surface area contributed by atoms with E-state index in [1.54, 1.807) is 0 Å². The maximum atomic E-state index is 12.8. The molecule has 2 heterocycles. The van der Waals surface area contributed by atoms with Gasteiger partial charge in [-0.3, -0.25) is 14.5 Å². The summed E-state index contributed by atoms with van der Waals surface area (Å²) in [6.07, 6.45) is 5.72. The van der Waals surface area contributed by atoms with Crippen molar-refractivity contribution in [2.45, 2.75) is 32.1 Å². The number of aryl methyl sites for hydroxylation is 2. The van der Waals surface area contributed by atoms with E-state index in [2.05, 4.69) is 17.0 Å². The van der Waals surface area contributed by atoms with Gasteiger partial charge in [0.2, 0.25) is 5.91 Å². The second-order valence-corrected chi connectivity index (χ2v) is 7.49. The van der Waals surface area contributed by atoms with Crippen molar-refractivity contribution in [1.82, 2.24) is 14.7 Å². The maximum absolute atomic E-state index is 12.8. The highest BCUT2D eigenvalue weighted by Gasteiger charge is 2.26. The molecule has 2 saturated heterocycles. The Kier molecular flexibility index (Phi) is 4.75. The van der Waals surface area contributed by atoms with E-state index in [9.17, 15) is 9.59 Å². The highest BCUT2D eigenvalue weighted by atomic mass is 16.2. The zero-order valence-corrected chi connectivity index (χ0v) is 14.9. The Morgan fingerprint density at radius 3 is 2.28 bits per heavy atom. The number of fused-ring (bicyclic) bond motifs is 1. The maximum Gasteiger partial charge on any atom is 0.253 e. The molecule has 0 bridgehead atoms. The van der Waals surface area contributed by atoms with E-state index in [0.29, 0.717) is 19.6 Å². The Morgan fingerprint density at radius 1 is 0.800 bits per heavy atom. The number of nitrogens with zero attached hydrogens (tertiary/aromatic N) is 3. The van der Waals surface area contributed by atoms with Gasteiger partial charge in [-0.05, 0) is 55.4 Å². The standard InChI is InChI=1S/C20H27N3O2/c24-19(22-8-1-2-9-22)15-21-10-12-23(13-11-21)20(25)18-7-6-16-4-3-5-17(16)14-18/h6-7,14H,1-5,8-13,15H2. The molecule has 0 N–H and O–H groups in total. The van der Waals surface area contributed by atoms with Gasteiger partial charge >= 0.3 is 0 Å². The molecule has 134 valence electrons. The third kappa shape index (κ3) is 3.56. The number of hydrogen-bond acceptors (Lipinski definition) is 3. The smallest absolute Gasteiger partial charge is 0.253 e. The zero-order chi connectivity index (χ0) is 17.2. The predicted molar refractivity (Wildman–Crippen MR) is 96.6 cm³/mol. The van der Waals surface area contributed by atoms with E-state index >= 15 is 0 Å². The van der Waals surface area contributed by atoms with Crippen LogP contribution in [0.2, 0.25) is 0 Å². The minimum absolute atomic E-state index is 0.139. The van der Waals surface area contributed by atoms with Gasteiger partial charge in [0, 0.05) is 44.8 Å². The minimum Gasteiger partial charge on any atom is -0.342 e. The number of rotatable bonds is 3. The van der Waals surface area contributed by atoms with Crippen LogP contribution in [0.5, 0.6) is 0 Å². The fraction of sp³-hybridized carbons (Fsp3) is 0.600. The van der Waals surface area contributed by atoms with E-state index in [1.807, 2.05) is 15.9 Å². The molecule has 0 unspecified atom stereocenters. The highest BCUT2D eigenvalue weighted by Crippen LogP contribution is 2.23. The van der Waals surface area contributed by atoms with Gasteiger partial charge in [-0.2, -0.15) is 0 Å². The van der Waals surface area contributed by atoms with Crippen molar-refractivity contribution in [2.75, 3.05) is 45.8 Å². The number of benzene rings is 1. The van der Waals surface area contributed by atoms with E-state index in [-0.39, 0.29) is 11.8 Å². The first kappa shape index (κ1) is 16.6. The molecule has 5 heteroatoms. The lowest BCUT2D eigenvalue weighted by Crippen LogP contribution is -2.51. The Bertz CT molecular complexity index is 659. The summed E-state index contributed by atoms with van der Waals surface area (Å²) in [7, 11) is 0. The molecule has 2 amide bonds. The van der Waals surface area contributed by atoms with Crippen LogP contribution in [-0.2, 0) is 17.6 Å². The van der Waals surface area contributed by atoms with Gasteiger partial charge in [0.1, 0.15) is 0 Å². The summed E-state index contributed by atoms with van der Waals surface area (Å²) in [6.45, 7) is 5.32. The molecule has 0 aromatic heterocycles. The fourth-order valence-corrected chi connectivity index (χ4v) is 4.25. The van der Waals surface area contributed by atoms with Crippen LogP contribution < -0.4 is 0 Å². The Labute approximate surface area is 149 Å². The van der Waals surface area contributed by atoms with Crippen molar-refractivity contribution in [3.8, 4) is 0 Å². The number of amides is 2. The first-order valence-corrected chi connectivity index (χ1v) is 9.62. The molecule has 1 aromatic rings. The largest absolute Gasteiger partial charge is 0.342 e. The summed E-state index contributed by atoms with van der Waals surface area (Å²) in [5.74, 6) is 0.385. The summed E-state index contributed by atoms with van der Waals surface area (Å²) in [4.78, 5) is 31.1. The topological polar surface area (TPSA) is 43.9 Å². The predicted octanol–water partition coefficient (Wildman–Crippen LogP) is 1.56. The molecule has 0 atom stereocenters. The molecule has 1 aliphatic carbocycles. The first-order chi connectivity index (χ1) is 12.2. The van der Waals surface area contributed by atoms with Crippen molar-refractivity contribution in [1.29, 1.82) is 0 Å². The van der Waals surface area contributed by atoms with Crippen LogP contribution in [0, 0.1) is 0 Å². The Balaban J connectivity index is 1.30. The molecule has 2 fully saturated rings. The Hall–Kier alpha value is -1.88. The lowest BCUT2D eigenvalue weighted by Gasteiger charge is -2.35. The van der Waals surface area contributed by atoms with Crippen molar-refractivity contribution in [3.05, 3.63) is 34.9 Å². The molecule has 0 radical (unpaired) electrons. The zero-order valence-electron chi connectivity index (χ0n) is 14.9. The number of carbonyl (C=O) groups excluding carboxylic acids is 2. The van der Waals surface area contributed by atoms with Gasteiger partial charge in [-0.1, -0.05) is 6.07 Å². The van der Waals surface area contributed by atoms with Crippen LogP contribution in [0.15, 0.2) is 18.2 Å². The van der Waals surface area contributed by atoms with E-state index in [4.69, 9.17) is 0 Å².